The summed E-state index contributed by atoms with van der Waals surface area (Å²) in [6.07, 6.45) is 1.91. The highest BCUT2D eigenvalue weighted by atomic mass is 35.5. The lowest BCUT2D eigenvalue weighted by atomic mass is 10.1. The van der Waals surface area contributed by atoms with E-state index < -0.39 is 0 Å². The minimum atomic E-state index is -0.256. The van der Waals surface area contributed by atoms with Crippen molar-refractivity contribution < 1.29 is 9.84 Å². The number of anilines is 2. The van der Waals surface area contributed by atoms with E-state index in [2.05, 4.69) is 26.5 Å². The molecule has 0 radical (unpaired) electrons. The van der Waals surface area contributed by atoms with Crippen LogP contribution in [-0.2, 0) is 6.42 Å². The molecule has 2 aromatic carbocycles. The smallest absolute Gasteiger partial charge is 0.159 e. The molecule has 1 aromatic heterocycles. The van der Waals surface area contributed by atoms with Crippen LogP contribution in [0.3, 0.4) is 0 Å². The Kier molecular flexibility index (Phi) is 7.97. The van der Waals surface area contributed by atoms with Gasteiger partial charge in [0.1, 0.15) is 5.75 Å². The van der Waals surface area contributed by atoms with Crippen LogP contribution in [0.5, 0.6) is 5.75 Å². The number of hydrogen-bond donors (Lipinski definition) is 2. The summed E-state index contributed by atoms with van der Waals surface area (Å²) >= 11 is 6.22. The van der Waals surface area contributed by atoms with Crippen LogP contribution in [0.2, 0.25) is 5.02 Å². The van der Waals surface area contributed by atoms with E-state index in [9.17, 15) is 10.4 Å². The zero-order valence-electron chi connectivity index (χ0n) is 17.7. The number of halogens is 2. The molecule has 168 valence electrons. The van der Waals surface area contributed by atoms with Crippen molar-refractivity contribution in [3.8, 4) is 11.8 Å². The van der Waals surface area contributed by atoms with E-state index in [0.717, 1.165) is 41.7 Å². The molecule has 3 aromatic rings. The average molecular weight is 474 g/mol. The number of aromatic nitrogens is 2. The van der Waals surface area contributed by atoms with Crippen molar-refractivity contribution in [2.45, 2.75) is 25.4 Å². The Morgan fingerprint density at radius 2 is 1.97 bits per heavy atom. The Morgan fingerprint density at radius 3 is 2.66 bits per heavy atom. The number of fused-ring (bicyclic) bond motifs is 1. The second kappa shape index (κ2) is 10.7. The number of ether oxygens (including phenoxy) is 1. The van der Waals surface area contributed by atoms with Gasteiger partial charge in [0.15, 0.2) is 11.6 Å². The summed E-state index contributed by atoms with van der Waals surface area (Å²) < 4.78 is 5.20. The Labute approximate surface area is 198 Å². The third kappa shape index (κ3) is 5.16. The lowest BCUT2D eigenvalue weighted by Crippen LogP contribution is -2.36. The summed E-state index contributed by atoms with van der Waals surface area (Å²) in [5.41, 5.74) is 1.65. The number of benzene rings is 2. The first-order valence-electron chi connectivity index (χ1n) is 10.3. The van der Waals surface area contributed by atoms with Crippen LogP contribution < -0.4 is 15.0 Å². The summed E-state index contributed by atoms with van der Waals surface area (Å²) in [6.45, 7) is 2.10. The lowest BCUT2D eigenvalue weighted by molar-refractivity contribution is 0.145. The van der Waals surface area contributed by atoms with Crippen LogP contribution in [-0.4, -0.2) is 48.2 Å². The number of rotatable bonds is 6. The first kappa shape index (κ1) is 23.9. The predicted molar refractivity (Wildman–Crippen MR) is 129 cm³/mol. The molecule has 0 spiro atoms. The normalized spacial score (nSPS) is 14.0. The second-order valence-electron chi connectivity index (χ2n) is 7.61. The highest BCUT2D eigenvalue weighted by Crippen LogP contribution is 2.31. The largest absolute Gasteiger partial charge is 0.495 e. The molecule has 32 heavy (non-hydrogen) atoms. The van der Waals surface area contributed by atoms with Gasteiger partial charge in [0.05, 0.1) is 29.9 Å². The molecule has 4 rings (SSSR count). The molecular formula is C23H25Cl2N5O2. The van der Waals surface area contributed by atoms with Gasteiger partial charge in [-0.2, -0.15) is 5.26 Å². The van der Waals surface area contributed by atoms with E-state index in [0.29, 0.717) is 41.5 Å². The quantitative estimate of drug-likeness (QED) is 0.553. The third-order valence-corrected chi connectivity index (χ3v) is 5.87. The molecule has 1 aliphatic rings. The fourth-order valence-electron chi connectivity index (χ4n) is 3.84. The van der Waals surface area contributed by atoms with Crippen molar-refractivity contribution in [3.63, 3.8) is 0 Å². The van der Waals surface area contributed by atoms with Crippen LogP contribution in [0.1, 0.15) is 24.0 Å². The van der Waals surface area contributed by atoms with Gasteiger partial charge in [0.25, 0.3) is 0 Å². The molecule has 1 saturated heterocycles. The van der Waals surface area contributed by atoms with Gasteiger partial charge in [-0.05, 0) is 55.2 Å². The molecule has 0 unspecified atom stereocenters. The maximum Gasteiger partial charge on any atom is 0.159 e. The molecule has 0 amide bonds. The molecule has 2 N–H and O–H groups in total. The number of nitrogens with zero attached hydrogens (tertiary/aromatic N) is 4. The maximum atomic E-state index is 9.81. The Morgan fingerprint density at radius 1 is 1.19 bits per heavy atom. The first-order valence-corrected chi connectivity index (χ1v) is 10.7. The molecule has 1 aliphatic heterocycles. The van der Waals surface area contributed by atoms with Crippen LogP contribution in [0.25, 0.3) is 10.8 Å². The number of nitrogens with one attached hydrogen (secondary N) is 1. The van der Waals surface area contributed by atoms with Crippen molar-refractivity contribution in [1.29, 1.82) is 5.26 Å². The SMILES string of the molecule is COc1ccc(CCNc2nnc(N3CCC(O)CC3)c3ccc(C#N)cc23)cc1Cl.Cl. The highest BCUT2D eigenvalue weighted by molar-refractivity contribution is 6.32. The van der Waals surface area contributed by atoms with E-state index in [4.69, 9.17) is 16.3 Å². The highest BCUT2D eigenvalue weighted by Gasteiger charge is 2.21. The topological polar surface area (TPSA) is 94.3 Å². The second-order valence-corrected chi connectivity index (χ2v) is 8.02. The monoisotopic (exact) mass is 473 g/mol. The van der Waals surface area contributed by atoms with Gasteiger partial charge in [-0.3, -0.25) is 0 Å². The predicted octanol–water partition coefficient (Wildman–Crippen LogP) is 4.20. The zero-order chi connectivity index (χ0) is 21.8. The van der Waals surface area contributed by atoms with Gasteiger partial charge < -0.3 is 20.1 Å². The Hall–Kier alpha value is -2.79. The van der Waals surface area contributed by atoms with E-state index >= 15 is 0 Å². The molecule has 0 atom stereocenters. The molecule has 7 nitrogen and oxygen atoms in total. The minimum absolute atomic E-state index is 0. The average Bonchev–Trinajstić information content (AvgIpc) is 2.79. The molecule has 9 heteroatoms. The molecule has 0 aliphatic carbocycles. The van der Waals surface area contributed by atoms with E-state index in [1.807, 2.05) is 30.3 Å². The van der Waals surface area contributed by atoms with Gasteiger partial charge in [-0.15, -0.1) is 22.6 Å². The fourth-order valence-corrected chi connectivity index (χ4v) is 4.12. The van der Waals surface area contributed by atoms with E-state index in [1.165, 1.54) is 0 Å². The van der Waals surface area contributed by atoms with Gasteiger partial charge in [0.2, 0.25) is 0 Å². The molecular weight excluding hydrogens is 449 g/mol. The number of hydrogen-bond acceptors (Lipinski definition) is 7. The summed E-state index contributed by atoms with van der Waals surface area (Å²) in [4.78, 5) is 2.15. The van der Waals surface area contributed by atoms with Crippen LogP contribution in [0.15, 0.2) is 36.4 Å². The summed E-state index contributed by atoms with van der Waals surface area (Å²) in [6, 6.07) is 13.5. The lowest BCUT2D eigenvalue weighted by Gasteiger charge is -2.31. The minimum Gasteiger partial charge on any atom is -0.495 e. The van der Waals surface area contributed by atoms with Gasteiger partial charge in [-0.25, -0.2) is 0 Å². The number of piperidine rings is 1. The van der Waals surface area contributed by atoms with Gasteiger partial charge in [0, 0.05) is 30.4 Å². The van der Waals surface area contributed by atoms with E-state index in [-0.39, 0.29) is 18.5 Å². The number of aliphatic hydroxyl groups is 1. The first-order chi connectivity index (χ1) is 15.1. The maximum absolute atomic E-state index is 9.81. The summed E-state index contributed by atoms with van der Waals surface area (Å²) in [5, 5.41) is 33.8. The van der Waals surface area contributed by atoms with Gasteiger partial charge >= 0.3 is 0 Å². The number of methoxy groups -OCH3 is 1. The van der Waals surface area contributed by atoms with Crippen LogP contribution in [0, 0.1) is 11.3 Å². The van der Waals surface area contributed by atoms with E-state index in [1.54, 1.807) is 13.2 Å². The molecule has 2 heterocycles. The fraction of sp³-hybridized carbons (Fsp3) is 0.348. The van der Waals surface area contributed by atoms with Gasteiger partial charge in [-0.1, -0.05) is 17.7 Å². The Balaban J connectivity index is 0.00000289. The molecule has 0 bridgehead atoms. The Bertz CT molecular complexity index is 1130. The van der Waals surface area contributed by atoms with Crippen LogP contribution in [0.4, 0.5) is 11.6 Å². The third-order valence-electron chi connectivity index (χ3n) is 5.58. The van der Waals surface area contributed by atoms with Crippen molar-refractivity contribution in [1.82, 2.24) is 10.2 Å². The summed E-state index contributed by atoms with van der Waals surface area (Å²) in [7, 11) is 1.59. The zero-order valence-corrected chi connectivity index (χ0v) is 19.3. The van der Waals surface area contributed by atoms with Crippen LogP contribution >= 0.6 is 24.0 Å². The number of nitriles is 1. The summed E-state index contributed by atoms with van der Waals surface area (Å²) in [5.74, 6) is 2.09. The van der Waals surface area contributed by atoms with Crippen molar-refractivity contribution in [2.24, 2.45) is 0 Å². The van der Waals surface area contributed by atoms with Crippen molar-refractivity contribution in [3.05, 3.63) is 52.5 Å². The molecule has 1 fully saturated rings. The number of aliphatic hydroxyl groups excluding tert-OH is 1. The van der Waals surface area contributed by atoms with Crippen molar-refractivity contribution >= 4 is 46.4 Å². The van der Waals surface area contributed by atoms with Crippen molar-refractivity contribution in [2.75, 3.05) is 37.0 Å². The molecule has 0 saturated carbocycles. The standard InChI is InChI=1S/C23H24ClN5O2.ClH/c1-31-21-5-3-15(13-20(21)24)6-9-26-22-19-12-16(14-25)2-4-18(19)23(28-27-22)29-10-7-17(30)8-11-29;/h2-5,12-13,17,30H,6-11H2,1H3,(H,26,27);1H.